The number of hydrogen-bond donors (Lipinski definition) is 4. The molecule has 4 amide bonds. The SMILES string of the molecule is Cc1ccc(NC(=O)Nc2cc(NC(=O)Nc3ccc(C)c(C)c3)c(C)nc2C)cc1C. The molecular formula is C25H29N5O2. The molecule has 0 saturated carbocycles. The number of amides is 4. The lowest BCUT2D eigenvalue weighted by atomic mass is 10.1. The van der Waals surface area contributed by atoms with Gasteiger partial charge in [0.1, 0.15) is 0 Å². The van der Waals surface area contributed by atoms with Crippen LogP contribution in [-0.2, 0) is 0 Å². The van der Waals surface area contributed by atoms with Gasteiger partial charge in [0.05, 0.1) is 22.8 Å². The van der Waals surface area contributed by atoms with Crippen LogP contribution in [-0.4, -0.2) is 17.0 Å². The van der Waals surface area contributed by atoms with Crippen LogP contribution >= 0.6 is 0 Å². The van der Waals surface area contributed by atoms with Crippen molar-refractivity contribution in [2.24, 2.45) is 0 Å². The average molecular weight is 432 g/mol. The highest BCUT2D eigenvalue weighted by Gasteiger charge is 2.12. The minimum absolute atomic E-state index is 0.382. The third-order valence-electron chi connectivity index (χ3n) is 5.43. The summed E-state index contributed by atoms with van der Waals surface area (Å²) < 4.78 is 0. The summed E-state index contributed by atoms with van der Waals surface area (Å²) in [6.45, 7) is 11.6. The molecule has 7 heteroatoms. The Hall–Kier alpha value is -3.87. The summed E-state index contributed by atoms with van der Waals surface area (Å²) in [6.07, 6.45) is 0. The number of carbonyl (C=O) groups excluding carboxylic acids is 2. The topological polar surface area (TPSA) is 95.2 Å². The number of nitrogens with zero attached hydrogens (tertiary/aromatic N) is 1. The van der Waals surface area contributed by atoms with Crippen molar-refractivity contribution in [3.63, 3.8) is 0 Å². The Balaban J connectivity index is 1.70. The van der Waals surface area contributed by atoms with Gasteiger partial charge in [-0.3, -0.25) is 4.98 Å². The van der Waals surface area contributed by atoms with E-state index in [1.807, 2.05) is 64.1 Å². The summed E-state index contributed by atoms with van der Waals surface area (Å²) in [7, 11) is 0. The van der Waals surface area contributed by atoms with Gasteiger partial charge in [-0.25, -0.2) is 9.59 Å². The predicted octanol–water partition coefficient (Wildman–Crippen LogP) is 6.22. The zero-order valence-corrected chi connectivity index (χ0v) is 19.3. The third kappa shape index (κ3) is 5.63. The minimum Gasteiger partial charge on any atom is -0.308 e. The fraction of sp³-hybridized carbons (Fsp3) is 0.240. The van der Waals surface area contributed by atoms with Gasteiger partial charge in [-0.2, -0.15) is 0 Å². The Morgan fingerprint density at radius 2 is 0.969 bits per heavy atom. The van der Waals surface area contributed by atoms with Crippen molar-refractivity contribution < 1.29 is 9.59 Å². The van der Waals surface area contributed by atoms with Crippen LogP contribution in [0.1, 0.15) is 33.6 Å². The molecule has 2 aromatic carbocycles. The minimum atomic E-state index is -0.382. The Kier molecular flexibility index (Phi) is 6.78. The number of benzene rings is 2. The highest BCUT2D eigenvalue weighted by atomic mass is 16.2. The normalized spacial score (nSPS) is 10.4. The summed E-state index contributed by atoms with van der Waals surface area (Å²) in [6, 6.07) is 12.4. The first kappa shape index (κ1) is 22.8. The van der Waals surface area contributed by atoms with Crippen LogP contribution in [0, 0.1) is 41.5 Å². The summed E-state index contributed by atoms with van der Waals surface area (Å²) in [4.78, 5) is 29.5. The highest BCUT2D eigenvalue weighted by molar-refractivity contribution is 6.02. The smallest absolute Gasteiger partial charge is 0.308 e. The maximum atomic E-state index is 12.5. The average Bonchev–Trinajstić information content (AvgIpc) is 2.71. The van der Waals surface area contributed by atoms with E-state index in [1.165, 1.54) is 0 Å². The molecule has 3 aromatic rings. The number of aryl methyl sites for hydroxylation is 6. The lowest BCUT2D eigenvalue weighted by Gasteiger charge is -2.15. The maximum Gasteiger partial charge on any atom is 0.323 e. The summed E-state index contributed by atoms with van der Waals surface area (Å²) in [5.74, 6) is 0. The van der Waals surface area contributed by atoms with Crippen LogP contribution in [0.5, 0.6) is 0 Å². The number of rotatable bonds is 4. The molecule has 32 heavy (non-hydrogen) atoms. The molecule has 4 N–H and O–H groups in total. The van der Waals surface area contributed by atoms with E-state index in [9.17, 15) is 9.59 Å². The van der Waals surface area contributed by atoms with Gasteiger partial charge in [0.2, 0.25) is 0 Å². The van der Waals surface area contributed by atoms with Crippen LogP contribution in [0.3, 0.4) is 0 Å². The number of urea groups is 2. The molecular weight excluding hydrogens is 402 g/mol. The molecule has 7 nitrogen and oxygen atoms in total. The molecule has 0 saturated heterocycles. The first-order valence-electron chi connectivity index (χ1n) is 10.4. The number of nitrogens with one attached hydrogen (secondary N) is 4. The Morgan fingerprint density at radius 3 is 1.34 bits per heavy atom. The molecule has 0 bridgehead atoms. The van der Waals surface area contributed by atoms with E-state index >= 15 is 0 Å². The van der Waals surface area contributed by atoms with Crippen LogP contribution in [0.2, 0.25) is 0 Å². The molecule has 1 aromatic heterocycles. The first-order valence-corrected chi connectivity index (χ1v) is 10.4. The van der Waals surface area contributed by atoms with Gasteiger partial charge in [-0.1, -0.05) is 12.1 Å². The standard InChI is InChI=1S/C25H29N5O2/c1-14-7-9-20(11-16(14)3)27-24(31)29-22-13-23(19(6)26-18(22)5)30-25(32)28-21-10-8-15(2)17(4)12-21/h7-13H,1-6H3,(H2,27,29,31)(H2,28,30,32). The second kappa shape index (κ2) is 9.51. The molecule has 1 heterocycles. The quantitative estimate of drug-likeness (QED) is 0.395. The molecule has 0 spiro atoms. The number of pyridine rings is 1. The van der Waals surface area contributed by atoms with E-state index in [4.69, 9.17) is 0 Å². The summed E-state index contributed by atoms with van der Waals surface area (Å²) >= 11 is 0. The third-order valence-corrected chi connectivity index (χ3v) is 5.43. The molecule has 0 radical (unpaired) electrons. The zero-order valence-electron chi connectivity index (χ0n) is 19.3. The van der Waals surface area contributed by atoms with Gasteiger partial charge in [0.25, 0.3) is 0 Å². The van der Waals surface area contributed by atoms with E-state index in [2.05, 4.69) is 26.3 Å². The maximum absolute atomic E-state index is 12.5. The Bertz CT molecular complexity index is 1100. The van der Waals surface area contributed by atoms with Crippen molar-refractivity contribution in [2.45, 2.75) is 41.5 Å². The molecule has 0 atom stereocenters. The predicted molar refractivity (Wildman–Crippen MR) is 131 cm³/mol. The van der Waals surface area contributed by atoms with Crippen LogP contribution in [0.15, 0.2) is 42.5 Å². The number of aromatic nitrogens is 1. The number of carbonyl (C=O) groups is 2. The zero-order chi connectivity index (χ0) is 23.4. The van der Waals surface area contributed by atoms with E-state index in [0.717, 1.165) is 22.3 Å². The molecule has 0 aliphatic heterocycles. The fourth-order valence-electron chi connectivity index (χ4n) is 3.19. The van der Waals surface area contributed by atoms with Crippen molar-refractivity contribution in [1.29, 1.82) is 0 Å². The summed E-state index contributed by atoms with van der Waals surface area (Å²) in [5, 5.41) is 11.3. The molecule has 3 rings (SSSR count). The lowest BCUT2D eigenvalue weighted by Crippen LogP contribution is -2.22. The van der Waals surface area contributed by atoms with Crippen molar-refractivity contribution in [3.05, 3.63) is 76.1 Å². The van der Waals surface area contributed by atoms with Crippen molar-refractivity contribution in [2.75, 3.05) is 21.3 Å². The second-order valence-corrected chi connectivity index (χ2v) is 8.01. The molecule has 166 valence electrons. The number of hydrogen-bond acceptors (Lipinski definition) is 3. The Labute approximate surface area is 188 Å². The number of anilines is 4. The van der Waals surface area contributed by atoms with Gasteiger partial charge >= 0.3 is 12.1 Å². The van der Waals surface area contributed by atoms with E-state index in [1.54, 1.807) is 19.9 Å². The van der Waals surface area contributed by atoms with Gasteiger partial charge in [0.15, 0.2) is 0 Å². The molecule has 0 aliphatic carbocycles. The largest absolute Gasteiger partial charge is 0.323 e. The van der Waals surface area contributed by atoms with Gasteiger partial charge in [-0.15, -0.1) is 0 Å². The lowest BCUT2D eigenvalue weighted by molar-refractivity contribution is 0.261. The van der Waals surface area contributed by atoms with Crippen LogP contribution < -0.4 is 21.3 Å². The first-order chi connectivity index (χ1) is 15.1. The fourth-order valence-corrected chi connectivity index (χ4v) is 3.19. The molecule has 0 aliphatic rings. The summed E-state index contributed by atoms with van der Waals surface area (Å²) in [5.41, 5.74) is 8.24. The van der Waals surface area contributed by atoms with E-state index < -0.39 is 0 Å². The molecule has 0 fully saturated rings. The second-order valence-electron chi connectivity index (χ2n) is 8.01. The monoisotopic (exact) mass is 431 g/mol. The van der Waals surface area contributed by atoms with Crippen molar-refractivity contribution in [1.82, 2.24) is 4.98 Å². The van der Waals surface area contributed by atoms with Crippen molar-refractivity contribution >= 4 is 34.8 Å². The van der Waals surface area contributed by atoms with E-state index in [0.29, 0.717) is 34.1 Å². The van der Waals surface area contributed by atoms with Gasteiger partial charge in [-0.05, 0) is 94.1 Å². The highest BCUT2D eigenvalue weighted by Crippen LogP contribution is 2.23. The van der Waals surface area contributed by atoms with Crippen molar-refractivity contribution in [3.8, 4) is 0 Å². The van der Waals surface area contributed by atoms with Crippen LogP contribution in [0.25, 0.3) is 0 Å². The van der Waals surface area contributed by atoms with Gasteiger partial charge < -0.3 is 21.3 Å². The van der Waals surface area contributed by atoms with E-state index in [-0.39, 0.29) is 12.1 Å². The van der Waals surface area contributed by atoms with Crippen LogP contribution in [0.4, 0.5) is 32.3 Å². The van der Waals surface area contributed by atoms with Gasteiger partial charge in [0, 0.05) is 11.4 Å². The Morgan fingerprint density at radius 1 is 0.562 bits per heavy atom. The molecule has 0 unspecified atom stereocenters.